The Hall–Kier alpha value is -0.220. The lowest BCUT2D eigenvalue weighted by Crippen LogP contribution is -2.14. The summed E-state index contributed by atoms with van der Waals surface area (Å²) < 4.78 is 0. The van der Waals surface area contributed by atoms with Crippen LogP contribution in [0, 0.1) is 5.41 Å². The first-order chi connectivity index (χ1) is 3.63. The van der Waals surface area contributed by atoms with Gasteiger partial charge in [-0.3, -0.25) is 10.3 Å². The van der Waals surface area contributed by atoms with Gasteiger partial charge in [-0.1, -0.05) is 11.8 Å². The lowest BCUT2D eigenvalue weighted by atomic mass is 11.0. The Morgan fingerprint density at radius 1 is 1.75 bits per heavy atom. The summed E-state index contributed by atoms with van der Waals surface area (Å²) >= 11 is 1.33. The van der Waals surface area contributed by atoms with Crippen LogP contribution in [0.1, 0.15) is 0 Å². The normalized spacial score (nSPS) is 9.88. The Morgan fingerprint density at radius 2 is 2.25 bits per heavy atom. The molecule has 0 spiro atoms. The number of thioether (sulfide) groups is 1. The van der Waals surface area contributed by atoms with E-state index in [2.05, 4.69) is 0 Å². The number of nitrogens with two attached hydrogens (primary N) is 1. The van der Waals surface area contributed by atoms with Crippen molar-refractivity contribution < 1.29 is 0 Å². The summed E-state index contributed by atoms with van der Waals surface area (Å²) in [7, 11) is 3.88. The molecule has 0 unspecified atom stereocenters. The Labute approximate surface area is 53.7 Å². The zero-order valence-electron chi connectivity index (χ0n) is 5.14. The van der Waals surface area contributed by atoms with Crippen molar-refractivity contribution in [3.63, 3.8) is 0 Å². The van der Waals surface area contributed by atoms with Crippen molar-refractivity contribution in [1.29, 1.82) is 5.41 Å². The molecule has 0 aliphatic carbocycles. The predicted molar refractivity (Wildman–Crippen MR) is 38.1 cm³/mol. The van der Waals surface area contributed by atoms with Crippen LogP contribution in [0.5, 0.6) is 0 Å². The summed E-state index contributed by atoms with van der Waals surface area (Å²) in [5, 5.41) is 6.98. The van der Waals surface area contributed by atoms with Gasteiger partial charge < -0.3 is 5.73 Å². The highest BCUT2D eigenvalue weighted by Crippen LogP contribution is 1.96. The van der Waals surface area contributed by atoms with Gasteiger partial charge in [0.15, 0.2) is 5.17 Å². The van der Waals surface area contributed by atoms with E-state index in [0.29, 0.717) is 0 Å². The van der Waals surface area contributed by atoms with Crippen molar-refractivity contribution >= 4 is 16.9 Å². The summed E-state index contributed by atoms with van der Waals surface area (Å²) in [5.41, 5.74) is 5.06. The molecule has 0 saturated heterocycles. The fraction of sp³-hybridized carbons (Fsp3) is 0.750. The molecule has 0 saturated carbocycles. The van der Waals surface area contributed by atoms with Crippen LogP contribution in [0.25, 0.3) is 0 Å². The number of nitrogens with one attached hydrogen (secondary N) is 1. The lowest BCUT2D eigenvalue weighted by molar-refractivity contribution is 0.486. The topological polar surface area (TPSA) is 53.1 Å². The van der Waals surface area contributed by atoms with Crippen molar-refractivity contribution in [3.8, 4) is 0 Å². The molecule has 0 fully saturated rings. The predicted octanol–water partition coefficient (Wildman–Crippen LogP) is 0.132. The molecule has 0 aromatic carbocycles. The Morgan fingerprint density at radius 3 is 2.38 bits per heavy atom. The minimum absolute atomic E-state index is 0.179. The number of nitrogens with zero attached hydrogens (tertiary/aromatic N) is 1. The van der Waals surface area contributed by atoms with Gasteiger partial charge in [-0.15, -0.1) is 0 Å². The van der Waals surface area contributed by atoms with Gasteiger partial charge in [-0.05, 0) is 14.1 Å². The van der Waals surface area contributed by atoms with E-state index in [4.69, 9.17) is 11.1 Å². The molecule has 0 radical (unpaired) electrons. The van der Waals surface area contributed by atoms with E-state index in [0.717, 1.165) is 5.88 Å². The summed E-state index contributed by atoms with van der Waals surface area (Å²) in [5.74, 6) is 0.787. The number of amidine groups is 1. The first-order valence-electron chi connectivity index (χ1n) is 2.24. The van der Waals surface area contributed by atoms with E-state index < -0.39 is 0 Å². The molecule has 0 bridgehead atoms. The molecular weight excluding hydrogens is 122 g/mol. The average Bonchev–Trinajstić information content (AvgIpc) is 1.61. The third kappa shape index (κ3) is 5.78. The molecule has 3 nitrogen and oxygen atoms in total. The highest BCUT2D eigenvalue weighted by atomic mass is 32.2. The zero-order valence-corrected chi connectivity index (χ0v) is 5.96. The van der Waals surface area contributed by atoms with Crippen molar-refractivity contribution in [2.24, 2.45) is 5.73 Å². The molecule has 0 aliphatic rings. The summed E-state index contributed by atoms with van der Waals surface area (Å²) in [6.07, 6.45) is 0. The summed E-state index contributed by atoms with van der Waals surface area (Å²) in [4.78, 5) is 1.96. The van der Waals surface area contributed by atoms with Gasteiger partial charge in [0.05, 0.1) is 5.88 Å². The molecule has 0 aliphatic heterocycles. The van der Waals surface area contributed by atoms with Crippen LogP contribution >= 0.6 is 11.8 Å². The summed E-state index contributed by atoms with van der Waals surface area (Å²) in [6.45, 7) is 0. The molecule has 3 N–H and O–H groups in total. The van der Waals surface area contributed by atoms with Gasteiger partial charge in [0.2, 0.25) is 0 Å². The SMILES string of the molecule is CN(C)CSC(=N)N. The second kappa shape index (κ2) is 3.74. The molecule has 0 aromatic rings. The highest BCUT2D eigenvalue weighted by molar-refractivity contribution is 8.13. The van der Waals surface area contributed by atoms with E-state index in [1.165, 1.54) is 11.8 Å². The Bertz CT molecular complexity index is 81.4. The van der Waals surface area contributed by atoms with Gasteiger partial charge >= 0.3 is 0 Å². The molecule has 0 amide bonds. The molecule has 0 heterocycles. The van der Waals surface area contributed by atoms with Gasteiger partial charge in [0, 0.05) is 0 Å². The van der Waals surface area contributed by atoms with Crippen LogP contribution in [0.3, 0.4) is 0 Å². The lowest BCUT2D eigenvalue weighted by Gasteiger charge is -2.05. The molecule has 8 heavy (non-hydrogen) atoms. The fourth-order valence-electron chi connectivity index (χ4n) is 0.199. The van der Waals surface area contributed by atoms with E-state index in [9.17, 15) is 0 Å². The second-order valence-electron chi connectivity index (χ2n) is 1.72. The first kappa shape index (κ1) is 7.78. The fourth-order valence-corrected chi connectivity index (χ4v) is 0.596. The molecule has 0 atom stereocenters. The smallest absolute Gasteiger partial charge is 0.152 e. The van der Waals surface area contributed by atoms with Crippen LogP contribution in [-0.2, 0) is 0 Å². The van der Waals surface area contributed by atoms with Crippen molar-refractivity contribution in [3.05, 3.63) is 0 Å². The monoisotopic (exact) mass is 133 g/mol. The Kier molecular flexibility index (Phi) is 3.64. The van der Waals surface area contributed by atoms with Gasteiger partial charge in [-0.25, -0.2) is 0 Å². The third-order valence-electron chi connectivity index (χ3n) is 0.478. The molecule has 48 valence electrons. The van der Waals surface area contributed by atoms with E-state index >= 15 is 0 Å². The van der Waals surface area contributed by atoms with Crippen molar-refractivity contribution in [1.82, 2.24) is 4.90 Å². The minimum Gasteiger partial charge on any atom is -0.379 e. The van der Waals surface area contributed by atoms with Gasteiger partial charge in [0.25, 0.3) is 0 Å². The molecule has 0 rings (SSSR count). The Balaban J connectivity index is 3.05. The average molecular weight is 133 g/mol. The number of hydrogen-bond acceptors (Lipinski definition) is 3. The van der Waals surface area contributed by atoms with Crippen molar-refractivity contribution in [2.45, 2.75) is 0 Å². The maximum atomic E-state index is 6.80. The van der Waals surface area contributed by atoms with Crippen LogP contribution in [0.2, 0.25) is 0 Å². The van der Waals surface area contributed by atoms with Crippen LogP contribution in [0.4, 0.5) is 0 Å². The quantitative estimate of drug-likeness (QED) is 0.320. The maximum Gasteiger partial charge on any atom is 0.152 e. The van der Waals surface area contributed by atoms with Gasteiger partial charge in [0.1, 0.15) is 0 Å². The number of rotatable bonds is 2. The minimum atomic E-state index is 0.179. The number of hydrogen-bond donors (Lipinski definition) is 2. The molecule has 4 heteroatoms. The maximum absolute atomic E-state index is 6.80. The largest absolute Gasteiger partial charge is 0.379 e. The van der Waals surface area contributed by atoms with Crippen molar-refractivity contribution in [2.75, 3.05) is 20.0 Å². The third-order valence-corrected chi connectivity index (χ3v) is 1.43. The standard InChI is InChI=1S/C4H11N3S/c1-7(2)3-8-4(5)6/h3H2,1-2H3,(H3,5,6). The van der Waals surface area contributed by atoms with E-state index in [-0.39, 0.29) is 5.17 Å². The van der Waals surface area contributed by atoms with E-state index in [1.54, 1.807) is 0 Å². The van der Waals surface area contributed by atoms with Crippen LogP contribution in [-0.4, -0.2) is 30.0 Å². The van der Waals surface area contributed by atoms with E-state index in [1.807, 2.05) is 19.0 Å². The van der Waals surface area contributed by atoms with Gasteiger partial charge in [-0.2, -0.15) is 0 Å². The summed E-state index contributed by atoms with van der Waals surface area (Å²) in [6, 6.07) is 0. The zero-order chi connectivity index (χ0) is 6.57. The second-order valence-corrected chi connectivity index (χ2v) is 2.70. The van der Waals surface area contributed by atoms with Crippen LogP contribution < -0.4 is 5.73 Å². The highest BCUT2D eigenvalue weighted by Gasteiger charge is 1.90. The molecular formula is C4H11N3S. The first-order valence-corrected chi connectivity index (χ1v) is 3.23. The van der Waals surface area contributed by atoms with Crippen LogP contribution in [0.15, 0.2) is 0 Å². The molecule has 0 aromatic heterocycles.